The number of carbonyl (C=O) groups is 2. The second-order valence-corrected chi connectivity index (χ2v) is 8.85. The maximum atomic E-state index is 13.2. The van der Waals surface area contributed by atoms with Gasteiger partial charge < -0.3 is 10.6 Å². The van der Waals surface area contributed by atoms with E-state index in [2.05, 4.69) is 31.7 Å². The van der Waals surface area contributed by atoms with E-state index in [-0.39, 0.29) is 11.8 Å². The summed E-state index contributed by atoms with van der Waals surface area (Å²) in [6, 6.07) is 28.8. The maximum absolute atomic E-state index is 13.2. The molecule has 0 radical (unpaired) electrons. The molecule has 33 heavy (non-hydrogen) atoms. The molecule has 1 saturated carbocycles. The predicted octanol–water partition coefficient (Wildman–Crippen LogP) is 5.20. The van der Waals surface area contributed by atoms with E-state index in [0.29, 0.717) is 28.8 Å². The number of rotatable bonds is 6. The average molecular weight is 501 g/mol. The molecule has 2 amide bonds. The van der Waals surface area contributed by atoms with Crippen LogP contribution in [0.1, 0.15) is 23.3 Å². The van der Waals surface area contributed by atoms with E-state index >= 15 is 0 Å². The summed E-state index contributed by atoms with van der Waals surface area (Å²) >= 11 is 3.39. The first-order valence-electron chi connectivity index (χ1n) is 10.6. The molecule has 3 aromatic carbocycles. The van der Waals surface area contributed by atoms with Crippen LogP contribution >= 0.6 is 15.9 Å². The van der Waals surface area contributed by atoms with E-state index in [1.165, 1.54) is 0 Å². The van der Waals surface area contributed by atoms with Crippen molar-refractivity contribution in [2.24, 2.45) is 0 Å². The zero-order chi connectivity index (χ0) is 22.8. The minimum Gasteiger partial charge on any atom is -0.336 e. The molecular formula is C26H21BrN4O2. The third kappa shape index (κ3) is 4.45. The van der Waals surface area contributed by atoms with Gasteiger partial charge in [-0.1, -0.05) is 60.7 Å². The fourth-order valence-electron chi connectivity index (χ4n) is 3.75. The number of hydrogen-bond donors (Lipinski definition) is 2. The van der Waals surface area contributed by atoms with Crippen LogP contribution in [0.5, 0.6) is 0 Å². The first-order valence-corrected chi connectivity index (χ1v) is 11.4. The van der Waals surface area contributed by atoms with Crippen molar-refractivity contribution in [3.8, 4) is 16.8 Å². The first-order chi connectivity index (χ1) is 16.0. The van der Waals surface area contributed by atoms with E-state index in [1.807, 2.05) is 84.9 Å². The van der Waals surface area contributed by atoms with Gasteiger partial charge in [-0.2, -0.15) is 5.10 Å². The van der Waals surface area contributed by atoms with Crippen LogP contribution in [0.3, 0.4) is 0 Å². The number of hydrogen-bond acceptors (Lipinski definition) is 3. The van der Waals surface area contributed by atoms with E-state index in [4.69, 9.17) is 0 Å². The minimum absolute atomic E-state index is 0.210. The Morgan fingerprint density at radius 2 is 1.52 bits per heavy atom. The number of nitrogens with zero attached hydrogens (tertiary/aromatic N) is 2. The van der Waals surface area contributed by atoms with Crippen molar-refractivity contribution in [3.63, 3.8) is 0 Å². The van der Waals surface area contributed by atoms with Gasteiger partial charge in [0.05, 0.1) is 5.69 Å². The van der Waals surface area contributed by atoms with Crippen molar-refractivity contribution in [2.75, 3.05) is 5.32 Å². The average Bonchev–Trinajstić information content (AvgIpc) is 3.52. The number of carbonyl (C=O) groups excluding carboxylic acids is 2. The van der Waals surface area contributed by atoms with Crippen molar-refractivity contribution in [3.05, 3.63) is 101 Å². The molecule has 0 aliphatic heterocycles. The normalized spacial score (nSPS) is 13.8. The van der Waals surface area contributed by atoms with Crippen molar-refractivity contribution in [1.29, 1.82) is 0 Å². The SMILES string of the molecule is O=C(NC1(C(=O)Nc2ccccc2)CC1)c1cc(Br)nn1-c1cccc(-c2ccccc2)c1. The fraction of sp³-hybridized carbons (Fsp3) is 0.115. The van der Waals surface area contributed by atoms with Gasteiger partial charge in [0.25, 0.3) is 5.91 Å². The number of aromatic nitrogens is 2. The fourth-order valence-corrected chi connectivity index (χ4v) is 4.12. The highest BCUT2D eigenvalue weighted by Gasteiger charge is 2.51. The van der Waals surface area contributed by atoms with E-state index in [1.54, 1.807) is 10.7 Å². The molecule has 6 nitrogen and oxygen atoms in total. The standard InChI is InChI=1S/C26H21BrN4O2/c27-23-17-22(24(32)29-26(14-15-26)25(33)28-20-11-5-2-6-12-20)31(30-23)21-13-7-10-19(16-21)18-8-3-1-4-9-18/h1-13,16-17H,14-15H2,(H,28,33)(H,29,32). The molecule has 0 spiro atoms. The van der Waals surface area contributed by atoms with Crippen LogP contribution in [0, 0.1) is 0 Å². The van der Waals surface area contributed by atoms with Crippen LogP contribution in [-0.4, -0.2) is 27.1 Å². The van der Waals surface area contributed by atoms with Gasteiger partial charge in [-0.25, -0.2) is 4.68 Å². The van der Waals surface area contributed by atoms with Gasteiger partial charge >= 0.3 is 0 Å². The van der Waals surface area contributed by atoms with Crippen LogP contribution in [0.4, 0.5) is 5.69 Å². The Morgan fingerprint density at radius 3 is 2.21 bits per heavy atom. The summed E-state index contributed by atoms with van der Waals surface area (Å²) in [5, 5.41) is 10.3. The van der Waals surface area contributed by atoms with Crippen LogP contribution in [-0.2, 0) is 4.79 Å². The molecule has 1 aromatic heterocycles. The summed E-state index contributed by atoms with van der Waals surface area (Å²) in [6.45, 7) is 0. The molecule has 164 valence electrons. The number of nitrogens with one attached hydrogen (secondary N) is 2. The zero-order valence-corrected chi connectivity index (χ0v) is 19.2. The molecule has 1 aliphatic carbocycles. The Bertz CT molecular complexity index is 1310. The van der Waals surface area contributed by atoms with Gasteiger partial charge in [0.2, 0.25) is 5.91 Å². The molecule has 0 unspecified atom stereocenters. The maximum Gasteiger partial charge on any atom is 0.270 e. The second kappa shape index (κ2) is 8.67. The number of halogens is 1. The smallest absolute Gasteiger partial charge is 0.270 e. The molecule has 1 aliphatic rings. The number of para-hydroxylation sites is 1. The van der Waals surface area contributed by atoms with Crippen molar-refractivity contribution in [2.45, 2.75) is 18.4 Å². The molecule has 4 aromatic rings. The molecule has 5 rings (SSSR count). The highest BCUT2D eigenvalue weighted by molar-refractivity contribution is 9.10. The molecule has 2 N–H and O–H groups in total. The largest absolute Gasteiger partial charge is 0.336 e. The number of benzene rings is 3. The lowest BCUT2D eigenvalue weighted by Gasteiger charge is -2.18. The van der Waals surface area contributed by atoms with Gasteiger partial charge in [0.1, 0.15) is 15.8 Å². The van der Waals surface area contributed by atoms with Gasteiger partial charge in [-0.3, -0.25) is 9.59 Å². The lowest BCUT2D eigenvalue weighted by atomic mass is 10.1. The topological polar surface area (TPSA) is 76.0 Å². The van der Waals surface area contributed by atoms with Crippen LogP contribution in [0.25, 0.3) is 16.8 Å². The monoisotopic (exact) mass is 500 g/mol. The highest BCUT2D eigenvalue weighted by Crippen LogP contribution is 2.37. The third-order valence-electron chi connectivity index (χ3n) is 5.68. The van der Waals surface area contributed by atoms with E-state index < -0.39 is 5.54 Å². The predicted molar refractivity (Wildman–Crippen MR) is 131 cm³/mol. The zero-order valence-electron chi connectivity index (χ0n) is 17.7. The number of anilines is 1. The summed E-state index contributed by atoms with van der Waals surface area (Å²) in [5.74, 6) is -0.558. The summed E-state index contributed by atoms with van der Waals surface area (Å²) < 4.78 is 2.13. The summed E-state index contributed by atoms with van der Waals surface area (Å²) in [7, 11) is 0. The molecule has 0 bridgehead atoms. The quantitative estimate of drug-likeness (QED) is 0.381. The van der Waals surface area contributed by atoms with Gasteiger partial charge in [-0.05, 0) is 64.2 Å². The van der Waals surface area contributed by atoms with Crippen LogP contribution < -0.4 is 10.6 Å². The van der Waals surface area contributed by atoms with Gasteiger partial charge in [-0.15, -0.1) is 0 Å². The Hall–Kier alpha value is -3.71. The molecule has 1 fully saturated rings. The molecule has 7 heteroatoms. The van der Waals surface area contributed by atoms with Gasteiger partial charge in [0, 0.05) is 11.8 Å². The van der Waals surface area contributed by atoms with Crippen molar-refractivity contribution in [1.82, 2.24) is 15.1 Å². The second-order valence-electron chi connectivity index (χ2n) is 8.04. The Labute approximate surface area is 199 Å². The summed E-state index contributed by atoms with van der Waals surface area (Å²) in [6.07, 6.45) is 1.19. The Kier molecular flexibility index (Phi) is 5.56. The molecular weight excluding hydrogens is 480 g/mol. The first kappa shape index (κ1) is 21.2. The van der Waals surface area contributed by atoms with Gasteiger partial charge in [0.15, 0.2) is 0 Å². The summed E-state index contributed by atoms with van der Waals surface area (Å²) in [4.78, 5) is 26.1. The Balaban J connectivity index is 1.39. The van der Waals surface area contributed by atoms with E-state index in [0.717, 1.165) is 16.8 Å². The van der Waals surface area contributed by atoms with Crippen molar-refractivity contribution >= 4 is 33.4 Å². The molecule has 0 atom stereocenters. The highest BCUT2D eigenvalue weighted by atomic mass is 79.9. The Morgan fingerprint density at radius 1 is 0.848 bits per heavy atom. The van der Waals surface area contributed by atoms with E-state index in [9.17, 15) is 9.59 Å². The van der Waals surface area contributed by atoms with Crippen LogP contribution in [0.15, 0.2) is 95.6 Å². The lowest BCUT2D eigenvalue weighted by molar-refractivity contribution is -0.118. The van der Waals surface area contributed by atoms with Crippen molar-refractivity contribution < 1.29 is 9.59 Å². The lowest BCUT2D eigenvalue weighted by Crippen LogP contribution is -2.46. The number of amides is 2. The molecule has 1 heterocycles. The van der Waals surface area contributed by atoms with Crippen LogP contribution in [0.2, 0.25) is 0 Å². The molecule has 0 saturated heterocycles. The minimum atomic E-state index is -0.902. The third-order valence-corrected chi connectivity index (χ3v) is 6.07. The summed E-state index contributed by atoms with van der Waals surface area (Å²) in [5.41, 5.74) is 3.00.